The summed E-state index contributed by atoms with van der Waals surface area (Å²) in [5.74, 6) is -0.209. The predicted octanol–water partition coefficient (Wildman–Crippen LogP) is 3.88. The van der Waals surface area contributed by atoms with E-state index in [0.717, 1.165) is 51.4 Å². The number of aliphatic hydroxyl groups excluding tert-OH is 8. The molecule has 14 nitrogen and oxygen atoms in total. The first kappa shape index (κ1) is 51.1. The maximum absolute atomic E-state index is 13.1. The quantitative estimate of drug-likeness (QED) is 0.0430. The summed E-state index contributed by atoms with van der Waals surface area (Å²) >= 11 is 0. The van der Waals surface area contributed by atoms with Crippen LogP contribution in [0.25, 0.3) is 0 Å². The molecule has 1 amide bonds. The van der Waals surface area contributed by atoms with Crippen molar-refractivity contribution in [1.82, 2.24) is 5.32 Å². The summed E-state index contributed by atoms with van der Waals surface area (Å²) in [6.45, 7) is 2.81. The summed E-state index contributed by atoms with van der Waals surface area (Å²) in [4.78, 5) is 13.1. The van der Waals surface area contributed by atoms with E-state index in [1.165, 1.54) is 89.9 Å². The molecule has 4 unspecified atom stereocenters. The van der Waals surface area contributed by atoms with E-state index in [1.807, 2.05) is 0 Å². The van der Waals surface area contributed by atoms with Crippen LogP contribution in [0.5, 0.6) is 0 Å². The van der Waals surface area contributed by atoms with Crippen LogP contribution in [0.1, 0.15) is 168 Å². The highest BCUT2D eigenvalue weighted by Crippen LogP contribution is 2.30. The Bertz CT molecular complexity index is 962. The summed E-state index contributed by atoms with van der Waals surface area (Å²) in [6, 6.07) is -0.818. The average molecular weight is 808 g/mol. The van der Waals surface area contributed by atoms with Gasteiger partial charge in [-0.05, 0) is 12.8 Å². The van der Waals surface area contributed by atoms with E-state index in [2.05, 4.69) is 19.2 Å². The number of hydrogen-bond acceptors (Lipinski definition) is 13. The summed E-state index contributed by atoms with van der Waals surface area (Å²) in [5, 5.41) is 86.4. The van der Waals surface area contributed by atoms with Gasteiger partial charge in [-0.3, -0.25) is 4.79 Å². The predicted molar refractivity (Wildman–Crippen MR) is 212 cm³/mol. The zero-order chi connectivity index (χ0) is 41.1. The third-order valence-electron chi connectivity index (χ3n) is 11.3. The van der Waals surface area contributed by atoms with E-state index in [0.29, 0.717) is 12.8 Å². The first-order valence-electron chi connectivity index (χ1n) is 22.3. The molecule has 2 heterocycles. The SMILES string of the molecule is CCCCCCCCCCCCCC(=O)N[C@@H](CO[C@@H]1O[C@H](CO)[C@@H](O[C@@H]2O[C@H](CO)[C@H](O)C(O)C2O)C(O)C1O)[C@H](O)CCCCCCCCCCCCC. The highest BCUT2D eigenvalue weighted by atomic mass is 16.7. The van der Waals surface area contributed by atoms with Crippen molar-refractivity contribution in [1.29, 1.82) is 0 Å². The van der Waals surface area contributed by atoms with Crippen LogP contribution in [0.4, 0.5) is 0 Å². The number of carbonyl (C=O) groups is 1. The fraction of sp³-hybridized carbons (Fsp3) is 0.976. The second-order valence-corrected chi connectivity index (χ2v) is 16.2. The topological polar surface area (TPSA) is 228 Å². The van der Waals surface area contributed by atoms with Gasteiger partial charge in [-0.15, -0.1) is 0 Å². The van der Waals surface area contributed by atoms with Gasteiger partial charge >= 0.3 is 0 Å². The zero-order valence-corrected chi connectivity index (χ0v) is 34.6. The molecule has 2 aliphatic rings. The Morgan fingerprint density at radius 1 is 0.571 bits per heavy atom. The summed E-state index contributed by atoms with van der Waals surface area (Å²) in [7, 11) is 0. The van der Waals surface area contributed by atoms with Crippen molar-refractivity contribution in [3.8, 4) is 0 Å². The van der Waals surface area contributed by atoms with Crippen LogP contribution in [0.2, 0.25) is 0 Å². The molecule has 0 saturated carbocycles. The van der Waals surface area contributed by atoms with Crippen molar-refractivity contribution < 1.29 is 64.6 Å². The zero-order valence-electron chi connectivity index (χ0n) is 34.6. The number of rotatable bonds is 33. The monoisotopic (exact) mass is 808 g/mol. The first-order valence-corrected chi connectivity index (χ1v) is 22.3. The molecule has 0 aromatic heterocycles. The minimum Gasteiger partial charge on any atom is -0.394 e. The second kappa shape index (κ2) is 30.9. The smallest absolute Gasteiger partial charge is 0.220 e. The fourth-order valence-corrected chi connectivity index (χ4v) is 7.59. The number of ether oxygens (including phenoxy) is 4. The van der Waals surface area contributed by atoms with Crippen molar-refractivity contribution in [2.75, 3.05) is 19.8 Å². The molecule has 2 aliphatic heterocycles. The van der Waals surface area contributed by atoms with Crippen LogP contribution >= 0.6 is 0 Å². The minimum absolute atomic E-state index is 0.209. The Balaban J connectivity index is 1.90. The number of amides is 1. The Labute approximate surface area is 336 Å². The molecule has 14 heteroatoms. The van der Waals surface area contributed by atoms with Gasteiger partial charge in [0.25, 0.3) is 0 Å². The Hall–Kier alpha value is -1.01. The minimum atomic E-state index is -1.78. The van der Waals surface area contributed by atoms with E-state index in [-0.39, 0.29) is 12.5 Å². The van der Waals surface area contributed by atoms with E-state index in [4.69, 9.17) is 18.9 Å². The summed E-state index contributed by atoms with van der Waals surface area (Å²) in [6.07, 6.45) is 9.76. The lowest BCUT2D eigenvalue weighted by Crippen LogP contribution is -2.65. The standard InChI is InChI=1S/C42H81NO13/c1-3-5-7-9-11-13-15-17-19-21-23-25-31(46)30(43-34(47)26-24-22-20-18-16-14-12-10-8-6-4-2)29-53-41-39(52)37(50)40(33(28-45)55-41)56-42-38(51)36(49)35(48)32(27-44)54-42/h30-33,35-42,44-46,48-52H,3-29H2,1-2H3,(H,43,47)/t30-,31+,32+,33+,35-,36?,37?,38?,39?,40+,41+,42-/m0/s1. The molecule has 0 aliphatic carbocycles. The summed E-state index contributed by atoms with van der Waals surface area (Å²) in [5.41, 5.74) is 0. The van der Waals surface area contributed by atoms with Crippen LogP contribution in [0, 0.1) is 0 Å². The lowest BCUT2D eigenvalue weighted by molar-refractivity contribution is -0.359. The lowest BCUT2D eigenvalue weighted by Gasteiger charge is -2.46. The molecule has 0 aromatic rings. The second-order valence-electron chi connectivity index (χ2n) is 16.2. The van der Waals surface area contributed by atoms with Gasteiger partial charge in [-0.25, -0.2) is 0 Å². The van der Waals surface area contributed by atoms with Crippen molar-refractivity contribution in [3.05, 3.63) is 0 Å². The average Bonchev–Trinajstić information content (AvgIpc) is 3.19. The number of aliphatic hydroxyl groups is 8. The molecule has 56 heavy (non-hydrogen) atoms. The molecule has 0 spiro atoms. The van der Waals surface area contributed by atoms with Gasteiger partial charge in [0.05, 0.1) is 32.0 Å². The van der Waals surface area contributed by atoms with Crippen LogP contribution in [0.15, 0.2) is 0 Å². The van der Waals surface area contributed by atoms with Gasteiger partial charge in [0.15, 0.2) is 12.6 Å². The molecular weight excluding hydrogens is 726 g/mol. The molecule has 0 bridgehead atoms. The van der Waals surface area contributed by atoms with Crippen molar-refractivity contribution in [2.24, 2.45) is 0 Å². The molecule has 0 aromatic carbocycles. The van der Waals surface area contributed by atoms with Crippen molar-refractivity contribution >= 4 is 5.91 Å². The molecule has 332 valence electrons. The third-order valence-corrected chi connectivity index (χ3v) is 11.3. The Morgan fingerprint density at radius 3 is 1.52 bits per heavy atom. The number of unbranched alkanes of at least 4 members (excludes halogenated alkanes) is 20. The molecular formula is C42H81NO13. The molecule has 2 saturated heterocycles. The maximum Gasteiger partial charge on any atom is 0.220 e. The lowest BCUT2D eigenvalue weighted by atomic mass is 9.97. The van der Waals surface area contributed by atoms with E-state index in [1.54, 1.807) is 0 Å². The third kappa shape index (κ3) is 19.4. The summed E-state index contributed by atoms with van der Waals surface area (Å²) < 4.78 is 22.6. The van der Waals surface area contributed by atoms with Crippen LogP contribution in [-0.4, -0.2) is 140 Å². The number of carbonyl (C=O) groups excluding carboxylic acids is 1. The maximum atomic E-state index is 13.1. The van der Waals surface area contributed by atoms with Crippen LogP contribution < -0.4 is 5.32 Å². The van der Waals surface area contributed by atoms with Crippen molar-refractivity contribution in [2.45, 2.75) is 242 Å². The molecule has 2 fully saturated rings. The molecule has 12 atom stereocenters. The number of nitrogens with one attached hydrogen (secondary N) is 1. The molecule has 9 N–H and O–H groups in total. The van der Waals surface area contributed by atoms with Gasteiger partial charge in [-0.1, -0.05) is 149 Å². The van der Waals surface area contributed by atoms with Crippen molar-refractivity contribution in [3.63, 3.8) is 0 Å². The van der Waals surface area contributed by atoms with Gasteiger partial charge in [-0.2, -0.15) is 0 Å². The normalized spacial score (nSPS) is 29.3. The largest absolute Gasteiger partial charge is 0.394 e. The fourth-order valence-electron chi connectivity index (χ4n) is 7.59. The van der Waals surface area contributed by atoms with Crippen LogP contribution in [-0.2, 0) is 23.7 Å². The molecule has 2 rings (SSSR count). The van der Waals surface area contributed by atoms with Gasteiger partial charge < -0.3 is 65.1 Å². The Morgan fingerprint density at radius 2 is 1.02 bits per heavy atom. The first-order chi connectivity index (χ1) is 27.1. The van der Waals surface area contributed by atoms with E-state index in [9.17, 15) is 45.6 Å². The molecule has 0 radical (unpaired) electrons. The van der Waals surface area contributed by atoms with E-state index < -0.39 is 86.8 Å². The highest BCUT2D eigenvalue weighted by molar-refractivity contribution is 5.76. The number of hydrogen-bond donors (Lipinski definition) is 9. The van der Waals surface area contributed by atoms with Gasteiger partial charge in [0.1, 0.15) is 48.8 Å². The Kier molecular flexibility index (Phi) is 28.3. The van der Waals surface area contributed by atoms with E-state index >= 15 is 0 Å². The van der Waals surface area contributed by atoms with Gasteiger partial charge in [0, 0.05) is 6.42 Å². The van der Waals surface area contributed by atoms with Gasteiger partial charge in [0.2, 0.25) is 5.91 Å². The van der Waals surface area contributed by atoms with Crippen LogP contribution in [0.3, 0.4) is 0 Å². The highest BCUT2D eigenvalue weighted by Gasteiger charge is 2.51.